The highest BCUT2D eigenvalue weighted by Crippen LogP contribution is 2.35. The minimum absolute atomic E-state index is 0.0212. The van der Waals surface area contributed by atoms with Crippen molar-refractivity contribution in [1.82, 2.24) is 9.78 Å². The van der Waals surface area contributed by atoms with E-state index in [1.807, 2.05) is 26.0 Å². The third kappa shape index (κ3) is 4.79. The zero-order chi connectivity index (χ0) is 23.6. The zero-order valence-corrected chi connectivity index (χ0v) is 19.5. The van der Waals surface area contributed by atoms with E-state index in [0.717, 1.165) is 21.4 Å². The van der Waals surface area contributed by atoms with E-state index in [-0.39, 0.29) is 16.9 Å². The van der Waals surface area contributed by atoms with Crippen molar-refractivity contribution in [2.75, 3.05) is 0 Å². The molecule has 1 aromatic heterocycles. The molecule has 0 aliphatic heterocycles. The Balaban J connectivity index is 2.19. The second-order valence-electron chi connectivity index (χ2n) is 8.50. The largest absolute Gasteiger partial charge is 0.423 e. The number of rotatable bonds is 6. The number of carbonyl (C=O) groups is 1. The highest BCUT2D eigenvalue weighted by atomic mass is 19.1. The third-order valence-corrected chi connectivity index (χ3v) is 5.57. The summed E-state index contributed by atoms with van der Waals surface area (Å²) in [5.74, 6) is -1.42. The molecule has 2 aromatic carbocycles. The number of benzene rings is 2. The Kier molecular flexibility index (Phi) is 6.92. The first-order valence-electron chi connectivity index (χ1n) is 10.7. The van der Waals surface area contributed by atoms with E-state index in [1.165, 1.54) is 18.7 Å². The maximum atomic E-state index is 15.3. The Morgan fingerprint density at radius 1 is 1.03 bits per heavy atom. The molecule has 0 N–H and O–H groups in total. The van der Waals surface area contributed by atoms with E-state index in [4.69, 9.17) is 4.74 Å². The third-order valence-electron chi connectivity index (χ3n) is 5.57. The van der Waals surface area contributed by atoms with Gasteiger partial charge < -0.3 is 4.74 Å². The Morgan fingerprint density at radius 3 is 2.31 bits per heavy atom. The molecule has 0 aliphatic rings. The molecule has 3 rings (SSSR count). The number of ether oxygens (including phenoxy) is 1. The van der Waals surface area contributed by atoms with Crippen LogP contribution in [0.4, 0.5) is 4.39 Å². The summed E-state index contributed by atoms with van der Waals surface area (Å²) in [6.45, 7) is 8.97. The van der Waals surface area contributed by atoms with Crippen LogP contribution in [0.1, 0.15) is 41.8 Å². The summed E-state index contributed by atoms with van der Waals surface area (Å²) < 4.78 is 22.0. The fraction of sp³-hybridized carbons (Fsp3) is 0.346. The average molecular weight is 437 g/mol. The number of aryl methyl sites for hydroxylation is 5. The lowest BCUT2D eigenvalue weighted by Crippen LogP contribution is -2.26. The summed E-state index contributed by atoms with van der Waals surface area (Å²) in [7, 11) is 1.51. The molecule has 0 atom stereocenters. The molecule has 0 fully saturated rings. The summed E-state index contributed by atoms with van der Waals surface area (Å²) in [5.41, 5.74) is 3.93. The molecule has 0 bridgehead atoms. The normalized spacial score (nSPS) is 11.1. The number of carbonyl (C=O) groups excluding carboxylic acids is 1. The molecule has 6 heteroatoms. The summed E-state index contributed by atoms with van der Waals surface area (Å²) >= 11 is 0. The molecule has 0 unspecified atom stereocenters. The van der Waals surface area contributed by atoms with Gasteiger partial charge in [0.05, 0.1) is 11.5 Å². The molecule has 0 radical (unpaired) electrons. The fourth-order valence-corrected chi connectivity index (χ4v) is 3.66. The van der Waals surface area contributed by atoms with Gasteiger partial charge in [0.25, 0.3) is 5.56 Å². The van der Waals surface area contributed by atoms with Crippen LogP contribution in [-0.2, 0) is 24.7 Å². The predicted molar refractivity (Wildman–Crippen MR) is 123 cm³/mol. The summed E-state index contributed by atoms with van der Waals surface area (Å²) in [4.78, 5) is 25.5. The van der Waals surface area contributed by atoms with Gasteiger partial charge in [-0.1, -0.05) is 49.7 Å². The first-order chi connectivity index (χ1) is 15.1. The van der Waals surface area contributed by atoms with Gasteiger partial charge in [-0.25, -0.2) is 9.07 Å². The summed E-state index contributed by atoms with van der Waals surface area (Å²) in [6.07, 6.45) is 1.22. The standard InChI is InChI=1S/C26H29FN2O3/c1-15(2)26(31)32-24-18(5)28-29(6)25(30)23(24)22-20(17(4)9-14-21(22)27)13-12-19-10-7-16(3)8-11-19/h7-11,14-15H,12-13H2,1-6H3. The van der Waals surface area contributed by atoms with Gasteiger partial charge in [0.2, 0.25) is 0 Å². The average Bonchev–Trinajstić information content (AvgIpc) is 2.74. The van der Waals surface area contributed by atoms with Crippen LogP contribution in [0, 0.1) is 32.5 Å². The lowest BCUT2D eigenvalue weighted by molar-refractivity contribution is -0.137. The van der Waals surface area contributed by atoms with Crippen LogP contribution in [0.25, 0.3) is 11.1 Å². The van der Waals surface area contributed by atoms with Crippen molar-refractivity contribution in [3.8, 4) is 16.9 Å². The molecule has 32 heavy (non-hydrogen) atoms. The molecular formula is C26H29FN2O3. The van der Waals surface area contributed by atoms with E-state index >= 15 is 4.39 Å². The van der Waals surface area contributed by atoms with Gasteiger partial charge in [-0.15, -0.1) is 0 Å². The van der Waals surface area contributed by atoms with Gasteiger partial charge in [-0.05, 0) is 56.4 Å². The summed E-state index contributed by atoms with van der Waals surface area (Å²) in [6, 6.07) is 11.2. The molecule has 0 saturated carbocycles. The van der Waals surface area contributed by atoms with Gasteiger partial charge in [0, 0.05) is 12.6 Å². The minimum Gasteiger partial charge on any atom is -0.423 e. The van der Waals surface area contributed by atoms with Crippen molar-refractivity contribution >= 4 is 5.97 Å². The lowest BCUT2D eigenvalue weighted by atomic mass is 9.91. The topological polar surface area (TPSA) is 61.2 Å². The molecule has 168 valence electrons. The van der Waals surface area contributed by atoms with E-state index in [2.05, 4.69) is 17.2 Å². The van der Waals surface area contributed by atoms with Gasteiger partial charge in [0.15, 0.2) is 5.75 Å². The van der Waals surface area contributed by atoms with Crippen LogP contribution in [-0.4, -0.2) is 15.7 Å². The van der Waals surface area contributed by atoms with Crippen LogP contribution in [0.5, 0.6) is 5.75 Å². The van der Waals surface area contributed by atoms with Crippen molar-refractivity contribution in [3.63, 3.8) is 0 Å². The maximum Gasteiger partial charge on any atom is 0.313 e. The molecule has 0 saturated heterocycles. The number of hydrogen-bond acceptors (Lipinski definition) is 4. The second-order valence-corrected chi connectivity index (χ2v) is 8.50. The molecule has 0 amide bonds. The van der Waals surface area contributed by atoms with Crippen molar-refractivity contribution in [2.45, 2.75) is 47.5 Å². The van der Waals surface area contributed by atoms with Crippen LogP contribution >= 0.6 is 0 Å². The first-order valence-corrected chi connectivity index (χ1v) is 10.7. The molecule has 3 aromatic rings. The highest BCUT2D eigenvalue weighted by molar-refractivity contribution is 5.81. The van der Waals surface area contributed by atoms with Gasteiger partial charge in [-0.2, -0.15) is 5.10 Å². The SMILES string of the molecule is Cc1ccc(CCc2c(C)ccc(F)c2-c2c(OC(=O)C(C)C)c(C)nn(C)c2=O)cc1. The minimum atomic E-state index is -0.529. The van der Waals surface area contributed by atoms with Crippen molar-refractivity contribution < 1.29 is 13.9 Å². The molecule has 0 aliphatic carbocycles. The highest BCUT2D eigenvalue weighted by Gasteiger charge is 2.26. The Labute approximate surface area is 187 Å². The number of nitrogens with zero attached hydrogens (tertiary/aromatic N) is 2. The van der Waals surface area contributed by atoms with E-state index in [0.29, 0.717) is 18.5 Å². The van der Waals surface area contributed by atoms with Crippen molar-refractivity contribution in [1.29, 1.82) is 0 Å². The number of esters is 1. The lowest BCUT2D eigenvalue weighted by Gasteiger charge is -2.19. The Bertz CT molecular complexity index is 1210. The van der Waals surface area contributed by atoms with Crippen molar-refractivity contribution in [2.24, 2.45) is 13.0 Å². The van der Waals surface area contributed by atoms with E-state index in [9.17, 15) is 9.59 Å². The number of hydrogen-bond donors (Lipinski definition) is 0. The van der Waals surface area contributed by atoms with Crippen LogP contribution in [0.15, 0.2) is 41.2 Å². The predicted octanol–water partition coefficient (Wildman–Crippen LogP) is 4.86. The number of aromatic nitrogens is 2. The van der Waals surface area contributed by atoms with E-state index < -0.39 is 23.3 Å². The second kappa shape index (κ2) is 9.47. The number of halogens is 1. The van der Waals surface area contributed by atoms with E-state index in [1.54, 1.807) is 26.8 Å². The monoisotopic (exact) mass is 436 g/mol. The first kappa shape index (κ1) is 23.4. The quantitative estimate of drug-likeness (QED) is 0.518. The molecular weight excluding hydrogens is 407 g/mol. The van der Waals surface area contributed by atoms with Gasteiger partial charge >= 0.3 is 5.97 Å². The maximum absolute atomic E-state index is 15.3. The van der Waals surface area contributed by atoms with Crippen LogP contribution in [0.3, 0.4) is 0 Å². The molecule has 1 heterocycles. The van der Waals surface area contributed by atoms with Gasteiger partial charge in [0.1, 0.15) is 11.5 Å². The van der Waals surface area contributed by atoms with Crippen molar-refractivity contribution in [3.05, 3.63) is 80.5 Å². The zero-order valence-electron chi connectivity index (χ0n) is 19.5. The Hall–Kier alpha value is -3.28. The smallest absolute Gasteiger partial charge is 0.313 e. The summed E-state index contributed by atoms with van der Waals surface area (Å²) in [5, 5.41) is 4.16. The Morgan fingerprint density at radius 2 is 1.69 bits per heavy atom. The van der Waals surface area contributed by atoms with Crippen LogP contribution < -0.4 is 10.3 Å². The van der Waals surface area contributed by atoms with Crippen LogP contribution in [0.2, 0.25) is 0 Å². The molecule has 5 nitrogen and oxygen atoms in total. The van der Waals surface area contributed by atoms with Gasteiger partial charge in [-0.3, -0.25) is 9.59 Å². The molecule has 0 spiro atoms. The fourth-order valence-electron chi connectivity index (χ4n) is 3.66.